The number of piperidine rings is 1. The van der Waals surface area contributed by atoms with Crippen molar-refractivity contribution in [1.82, 2.24) is 10.2 Å². The van der Waals surface area contributed by atoms with Gasteiger partial charge in [-0.1, -0.05) is 36.8 Å². The van der Waals surface area contributed by atoms with E-state index in [9.17, 15) is 0 Å². The lowest BCUT2D eigenvalue weighted by molar-refractivity contribution is -0.0721. The van der Waals surface area contributed by atoms with Crippen molar-refractivity contribution < 1.29 is 9.47 Å². The Hall–Kier alpha value is -0.860. The van der Waals surface area contributed by atoms with Crippen molar-refractivity contribution in [3.05, 3.63) is 35.9 Å². The largest absolute Gasteiger partial charge is 0.376 e. The monoisotopic (exact) mass is 527 g/mol. The highest BCUT2D eigenvalue weighted by Crippen LogP contribution is 2.43. The van der Waals surface area contributed by atoms with E-state index in [2.05, 4.69) is 45.5 Å². The Balaban J connectivity index is 0.00000256. The summed E-state index contributed by atoms with van der Waals surface area (Å²) in [5, 5.41) is 3.69. The van der Waals surface area contributed by atoms with Crippen molar-refractivity contribution >= 4 is 29.9 Å². The molecule has 5 nitrogen and oxygen atoms in total. The highest BCUT2D eigenvalue weighted by molar-refractivity contribution is 14.0. The van der Waals surface area contributed by atoms with Gasteiger partial charge in [0.05, 0.1) is 18.8 Å². The van der Waals surface area contributed by atoms with Gasteiger partial charge in [-0.3, -0.25) is 4.99 Å². The van der Waals surface area contributed by atoms with Crippen LogP contribution in [-0.2, 0) is 14.9 Å². The maximum absolute atomic E-state index is 6.17. The van der Waals surface area contributed by atoms with Crippen LogP contribution in [0, 0.1) is 0 Å². The standard InChI is InChI=1S/C24H37N3O2.HI/c1-25-23(26-19-24(13-7-14-24)20-8-3-2-4-9-20)27-15-11-21(12-16-27)29-18-22-10-5-6-17-28-22;/h2-4,8-9,21-22H,5-7,10-19H2,1H3,(H,25,26);1H. The summed E-state index contributed by atoms with van der Waals surface area (Å²) in [6.07, 6.45) is 10.3. The van der Waals surface area contributed by atoms with E-state index < -0.39 is 0 Å². The second-order valence-corrected chi connectivity index (χ2v) is 8.91. The molecule has 1 N–H and O–H groups in total. The summed E-state index contributed by atoms with van der Waals surface area (Å²) in [6, 6.07) is 11.0. The molecule has 1 atom stereocenters. The van der Waals surface area contributed by atoms with E-state index in [1.54, 1.807) is 0 Å². The van der Waals surface area contributed by atoms with Crippen LogP contribution in [0.15, 0.2) is 35.3 Å². The van der Waals surface area contributed by atoms with Crippen molar-refractivity contribution in [1.29, 1.82) is 0 Å². The molecule has 0 amide bonds. The number of hydrogen-bond acceptors (Lipinski definition) is 3. The van der Waals surface area contributed by atoms with E-state index in [-0.39, 0.29) is 29.4 Å². The molecule has 1 aliphatic carbocycles. The Morgan fingerprint density at radius 2 is 1.90 bits per heavy atom. The summed E-state index contributed by atoms with van der Waals surface area (Å²) in [5.74, 6) is 1.04. The normalized spacial score (nSPS) is 24.6. The molecular weight excluding hydrogens is 489 g/mol. The number of guanidine groups is 1. The van der Waals surface area contributed by atoms with Gasteiger partial charge in [0.1, 0.15) is 0 Å². The van der Waals surface area contributed by atoms with Crippen LogP contribution in [0.4, 0.5) is 0 Å². The van der Waals surface area contributed by atoms with E-state index in [1.807, 2.05) is 7.05 Å². The number of ether oxygens (including phenoxy) is 2. The molecule has 2 saturated heterocycles. The fourth-order valence-electron chi connectivity index (χ4n) is 4.96. The van der Waals surface area contributed by atoms with Gasteiger partial charge in [0.25, 0.3) is 0 Å². The fraction of sp³-hybridized carbons (Fsp3) is 0.708. The first-order chi connectivity index (χ1) is 14.3. The minimum Gasteiger partial charge on any atom is -0.376 e. The average molecular weight is 527 g/mol. The smallest absolute Gasteiger partial charge is 0.193 e. The second kappa shape index (κ2) is 11.7. The Kier molecular flexibility index (Phi) is 9.26. The highest BCUT2D eigenvalue weighted by Gasteiger charge is 2.38. The number of benzene rings is 1. The molecule has 3 aliphatic rings. The lowest BCUT2D eigenvalue weighted by Gasteiger charge is -2.44. The van der Waals surface area contributed by atoms with Gasteiger partial charge in [0.2, 0.25) is 0 Å². The van der Waals surface area contributed by atoms with Crippen LogP contribution in [0.5, 0.6) is 0 Å². The number of rotatable bonds is 6. The van der Waals surface area contributed by atoms with Gasteiger partial charge < -0.3 is 19.7 Å². The van der Waals surface area contributed by atoms with Crippen LogP contribution in [0.2, 0.25) is 0 Å². The summed E-state index contributed by atoms with van der Waals surface area (Å²) in [7, 11) is 1.90. The van der Waals surface area contributed by atoms with Crippen LogP contribution >= 0.6 is 24.0 Å². The Morgan fingerprint density at radius 3 is 2.50 bits per heavy atom. The molecule has 1 aromatic carbocycles. The Bertz CT molecular complexity index is 652. The maximum atomic E-state index is 6.17. The van der Waals surface area contributed by atoms with Crippen LogP contribution < -0.4 is 5.32 Å². The molecule has 0 aromatic heterocycles. The Labute approximate surface area is 199 Å². The van der Waals surface area contributed by atoms with Gasteiger partial charge >= 0.3 is 0 Å². The van der Waals surface area contributed by atoms with Gasteiger partial charge in [-0.2, -0.15) is 0 Å². The SMILES string of the molecule is CN=C(NCC1(c2ccccc2)CCC1)N1CCC(OCC2CCCCO2)CC1.I. The number of nitrogens with zero attached hydrogens (tertiary/aromatic N) is 2. The summed E-state index contributed by atoms with van der Waals surface area (Å²) in [4.78, 5) is 6.98. The predicted molar refractivity (Wildman–Crippen MR) is 133 cm³/mol. The quantitative estimate of drug-likeness (QED) is 0.340. The highest BCUT2D eigenvalue weighted by atomic mass is 127. The molecule has 4 rings (SSSR count). The average Bonchev–Trinajstić information content (AvgIpc) is 2.76. The van der Waals surface area contributed by atoms with Crippen LogP contribution in [0.3, 0.4) is 0 Å². The van der Waals surface area contributed by atoms with Crippen molar-refractivity contribution in [2.45, 2.75) is 69.0 Å². The van der Waals surface area contributed by atoms with E-state index in [1.165, 1.54) is 37.7 Å². The van der Waals surface area contributed by atoms with E-state index in [0.29, 0.717) is 12.2 Å². The molecule has 1 aromatic rings. The zero-order chi connectivity index (χ0) is 19.9. The third kappa shape index (κ3) is 5.88. The molecule has 30 heavy (non-hydrogen) atoms. The molecule has 168 valence electrons. The molecule has 6 heteroatoms. The van der Waals surface area contributed by atoms with Gasteiger partial charge in [-0.25, -0.2) is 0 Å². The third-order valence-corrected chi connectivity index (χ3v) is 7.03. The Morgan fingerprint density at radius 1 is 1.13 bits per heavy atom. The summed E-state index contributed by atoms with van der Waals surface area (Å²) >= 11 is 0. The first-order valence-corrected chi connectivity index (χ1v) is 11.5. The molecule has 2 aliphatic heterocycles. The number of aliphatic imine (C=N–C) groups is 1. The number of halogens is 1. The summed E-state index contributed by atoms with van der Waals surface area (Å²) in [6.45, 7) is 4.65. The maximum Gasteiger partial charge on any atom is 0.193 e. The van der Waals surface area contributed by atoms with Gasteiger partial charge in [-0.05, 0) is 50.5 Å². The first kappa shape index (κ1) is 23.8. The topological polar surface area (TPSA) is 46.1 Å². The lowest BCUT2D eigenvalue weighted by atomic mass is 9.64. The number of hydrogen-bond donors (Lipinski definition) is 1. The van der Waals surface area contributed by atoms with Gasteiger partial charge in [0.15, 0.2) is 5.96 Å². The van der Waals surface area contributed by atoms with Crippen LogP contribution in [0.25, 0.3) is 0 Å². The molecule has 2 heterocycles. The molecule has 1 saturated carbocycles. The number of nitrogens with one attached hydrogen (secondary N) is 1. The van der Waals surface area contributed by atoms with Crippen molar-refractivity contribution in [3.63, 3.8) is 0 Å². The molecular formula is C24H38IN3O2. The minimum absolute atomic E-state index is 0. The van der Waals surface area contributed by atoms with E-state index >= 15 is 0 Å². The van der Waals surface area contributed by atoms with Crippen LogP contribution in [-0.4, -0.2) is 63.0 Å². The fourth-order valence-corrected chi connectivity index (χ4v) is 4.96. The van der Waals surface area contributed by atoms with Gasteiger partial charge in [-0.15, -0.1) is 24.0 Å². The summed E-state index contributed by atoms with van der Waals surface area (Å²) in [5.41, 5.74) is 1.74. The molecule has 3 fully saturated rings. The molecule has 0 radical (unpaired) electrons. The van der Waals surface area contributed by atoms with Gasteiger partial charge in [0, 0.05) is 38.7 Å². The van der Waals surface area contributed by atoms with Crippen molar-refractivity contribution in [3.8, 4) is 0 Å². The minimum atomic E-state index is 0. The zero-order valence-corrected chi connectivity index (χ0v) is 20.7. The van der Waals surface area contributed by atoms with E-state index in [0.717, 1.165) is 58.1 Å². The lowest BCUT2D eigenvalue weighted by Crippen LogP contribution is -2.52. The third-order valence-electron chi connectivity index (χ3n) is 7.03. The van der Waals surface area contributed by atoms with Crippen molar-refractivity contribution in [2.24, 2.45) is 4.99 Å². The second-order valence-electron chi connectivity index (χ2n) is 8.91. The zero-order valence-electron chi connectivity index (χ0n) is 18.4. The van der Waals surface area contributed by atoms with Crippen LogP contribution in [0.1, 0.15) is 56.9 Å². The summed E-state index contributed by atoms with van der Waals surface area (Å²) < 4.78 is 12.0. The molecule has 1 unspecified atom stereocenters. The molecule has 0 bridgehead atoms. The van der Waals surface area contributed by atoms with Crippen molar-refractivity contribution in [2.75, 3.05) is 39.9 Å². The van der Waals surface area contributed by atoms with E-state index in [4.69, 9.17) is 9.47 Å². The first-order valence-electron chi connectivity index (χ1n) is 11.5. The predicted octanol–water partition coefficient (Wildman–Crippen LogP) is 4.35. The molecule has 0 spiro atoms. The number of likely N-dealkylation sites (tertiary alicyclic amines) is 1.